The first-order valence-corrected chi connectivity index (χ1v) is 6.27. The van der Waals surface area contributed by atoms with Crippen molar-refractivity contribution < 1.29 is 4.79 Å². The Morgan fingerprint density at radius 2 is 2.11 bits per heavy atom. The summed E-state index contributed by atoms with van der Waals surface area (Å²) < 4.78 is 0. The van der Waals surface area contributed by atoms with Gasteiger partial charge in [0.15, 0.2) is 5.69 Å². The molecule has 1 amide bonds. The van der Waals surface area contributed by atoms with E-state index >= 15 is 0 Å². The van der Waals surface area contributed by atoms with Crippen LogP contribution in [0.15, 0.2) is 12.1 Å². The highest BCUT2D eigenvalue weighted by atomic mass is 16.1. The average molecular weight is 251 g/mol. The Hall–Kier alpha value is -1.69. The van der Waals surface area contributed by atoms with Crippen LogP contribution in [-0.4, -0.2) is 47.2 Å². The van der Waals surface area contributed by atoms with Gasteiger partial charge in [0.1, 0.15) is 5.82 Å². The number of nitrogen functional groups attached to an aromatic ring is 1. The standard InChI is InChI=1S/C12H21N5O/c1-3-8-17(4-2)9-7-14-12(18)10-5-6-11(13)16-15-10/h5-6H,3-4,7-9H2,1-2H3,(H2,13,16)(H,14,18). The average Bonchev–Trinajstić information content (AvgIpc) is 2.38. The maximum atomic E-state index is 11.7. The van der Waals surface area contributed by atoms with Crippen LogP contribution in [0.5, 0.6) is 0 Å². The minimum atomic E-state index is -0.213. The number of hydrogen-bond donors (Lipinski definition) is 2. The van der Waals surface area contributed by atoms with Crippen molar-refractivity contribution in [2.75, 3.05) is 31.9 Å². The summed E-state index contributed by atoms with van der Waals surface area (Å²) in [5, 5.41) is 10.2. The maximum absolute atomic E-state index is 11.7. The molecule has 0 radical (unpaired) electrons. The molecule has 0 aliphatic heterocycles. The zero-order valence-corrected chi connectivity index (χ0v) is 11.0. The predicted molar refractivity (Wildman–Crippen MR) is 71.2 cm³/mol. The summed E-state index contributed by atoms with van der Waals surface area (Å²) in [6, 6.07) is 3.14. The van der Waals surface area contributed by atoms with Crippen LogP contribution in [0.1, 0.15) is 30.8 Å². The summed E-state index contributed by atoms with van der Waals surface area (Å²) in [4.78, 5) is 14.0. The molecule has 0 fully saturated rings. The quantitative estimate of drug-likeness (QED) is 0.738. The Bertz CT molecular complexity index is 365. The van der Waals surface area contributed by atoms with Crippen molar-refractivity contribution in [1.29, 1.82) is 0 Å². The van der Waals surface area contributed by atoms with Gasteiger partial charge < -0.3 is 16.0 Å². The molecular formula is C12H21N5O. The summed E-state index contributed by atoms with van der Waals surface area (Å²) >= 11 is 0. The summed E-state index contributed by atoms with van der Waals surface area (Å²) in [5.74, 6) is 0.0988. The van der Waals surface area contributed by atoms with Gasteiger partial charge in [-0.1, -0.05) is 13.8 Å². The van der Waals surface area contributed by atoms with Crippen molar-refractivity contribution in [3.8, 4) is 0 Å². The van der Waals surface area contributed by atoms with Gasteiger partial charge in [-0.05, 0) is 31.6 Å². The smallest absolute Gasteiger partial charge is 0.271 e. The number of hydrogen-bond acceptors (Lipinski definition) is 5. The van der Waals surface area contributed by atoms with Gasteiger partial charge in [-0.15, -0.1) is 10.2 Å². The second-order valence-electron chi connectivity index (χ2n) is 4.03. The Labute approximate surface area is 108 Å². The van der Waals surface area contributed by atoms with Crippen molar-refractivity contribution in [2.45, 2.75) is 20.3 Å². The van der Waals surface area contributed by atoms with Crippen LogP contribution in [0.2, 0.25) is 0 Å². The van der Waals surface area contributed by atoms with E-state index in [1.54, 1.807) is 12.1 Å². The van der Waals surface area contributed by atoms with E-state index in [0.717, 1.165) is 26.1 Å². The first-order valence-electron chi connectivity index (χ1n) is 6.27. The van der Waals surface area contributed by atoms with Crippen LogP contribution >= 0.6 is 0 Å². The third-order valence-corrected chi connectivity index (χ3v) is 2.62. The van der Waals surface area contributed by atoms with Crippen molar-refractivity contribution in [2.24, 2.45) is 0 Å². The lowest BCUT2D eigenvalue weighted by molar-refractivity contribution is 0.0942. The molecule has 0 unspecified atom stereocenters. The molecule has 0 bridgehead atoms. The van der Waals surface area contributed by atoms with E-state index in [0.29, 0.717) is 18.1 Å². The summed E-state index contributed by atoms with van der Waals surface area (Å²) in [7, 11) is 0. The number of nitrogens with two attached hydrogens (primary N) is 1. The topological polar surface area (TPSA) is 84.1 Å². The van der Waals surface area contributed by atoms with Gasteiger partial charge >= 0.3 is 0 Å². The van der Waals surface area contributed by atoms with E-state index in [2.05, 4.69) is 34.3 Å². The first-order chi connectivity index (χ1) is 8.67. The van der Waals surface area contributed by atoms with Crippen LogP contribution in [0.4, 0.5) is 5.82 Å². The van der Waals surface area contributed by atoms with Gasteiger partial charge in [0.05, 0.1) is 0 Å². The third kappa shape index (κ3) is 4.67. The van der Waals surface area contributed by atoms with Crippen molar-refractivity contribution >= 4 is 11.7 Å². The molecule has 0 saturated heterocycles. The number of likely N-dealkylation sites (N-methyl/N-ethyl adjacent to an activating group) is 1. The molecule has 6 heteroatoms. The molecule has 0 aliphatic carbocycles. The number of rotatable bonds is 7. The van der Waals surface area contributed by atoms with Gasteiger partial charge in [0, 0.05) is 13.1 Å². The van der Waals surface area contributed by atoms with E-state index in [4.69, 9.17) is 5.73 Å². The van der Waals surface area contributed by atoms with Gasteiger partial charge in [-0.2, -0.15) is 0 Å². The summed E-state index contributed by atoms with van der Waals surface area (Å²) in [6.45, 7) is 7.75. The summed E-state index contributed by atoms with van der Waals surface area (Å²) in [6.07, 6.45) is 1.12. The Morgan fingerprint density at radius 1 is 1.33 bits per heavy atom. The Kier molecular flexibility index (Phi) is 6.07. The number of carbonyl (C=O) groups is 1. The van der Waals surface area contributed by atoms with Crippen LogP contribution in [0.25, 0.3) is 0 Å². The van der Waals surface area contributed by atoms with E-state index < -0.39 is 0 Å². The number of nitrogens with one attached hydrogen (secondary N) is 1. The SMILES string of the molecule is CCCN(CC)CCNC(=O)c1ccc(N)nn1. The largest absolute Gasteiger partial charge is 0.382 e. The molecule has 0 atom stereocenters. The molecule has 18 heavy (non-hydrogen) atoms. The molecular weight excluding hydrogens is 230 g/mol. The lowest BCUT2D eigenvalue weighted by Crippen LogP contribution is -2.35. The number of carbonyl (C=O) groups excluding carboxylic acids is 1. The van der Waals surface area contributed by atoms with Crippen molar-refractivity contribution in [3.63, 3.8) is 0 Å². The molecule has 0 spiro atoms. The highest BCUT2D eigenvalue weighted by Gasteiger charge is 2.07. The van der Waals surface area contributed by atoms with E-state index in [9.17, 15) is 4.79 Å². The molecule has 1 aromatic rings. The monoisotopic (exact) mass is 251 g/mol. The fourth-order valence-corrected chi connectivity index (χ4v) is 1.63. The number of amides is 1. The van der Waals surface area contributed by atoms with Crippen LogP contribution in [0.3, 0.4) is 0 Å². The van der Waals surface area contributed by atoms with Gasteiger partial charge in [0.2, 0.25) is 0 Å². The molecule has 0 aliphatic rings. The number of anilines is 1. The highest BCUT2D eigenvalue weighted by molar-refractivity contribution is 5.92. The molecule has 1 heterocycles. The third-order valence-electron chi connectivity index (χ3n) is 2.62. The van der Waals surface area contributed by atoms with Crippen LogP contribution in [-0.2, 0) is 0 Å². The Morgan fingerprint density at radius 3 is 2.67 bits per heavy atom. The minimum Gasteiger partial charge on any atom is -0.382 e. The van der Waals surface area contributed by atoms with Crippen molar-refractivity contribution in [3.05, 3.63) is 17.8 Å². The second kappa shape index (κ2) is 7.60. The lowest BCUT2D eigenvalue weighted by atomic mass is 10.3. The summed E-state index contributed by atoms with van der Waals surface area (Å²) in [5.41, 5.74) is 5.70. The molecule has 3 N–H and O–H groups in total. The van der Waals surface area contributed by atoms with Crippen LogP contribution < -0.4 is 11.1 Å². The highest BCUT2D eigenvalue weighted by Crippen LogP contribution is 1.97. The second-order valence-corrected chi connectivity index (χ2v) is 4.03. The zero-order valence-electron chi connectivity index (χ0n) is 11.0. The van der Waals surface area contributed by atoms with Gasteiger partial charge in [-0.25, -0.2) is 0 Å². The zero-order chi connectivity index (χ0) is 13.4. The first kappa shape index (κ1) is 14.4. The molecule has 6 nitrogen and oxygen atoms in total. The molecule has 0 aromatic carbocycles. The van der Waals surface area contributed by atoms with E-state index in [1.165, 1.54) is 0 Å². The van der Waals surface area contributed by atoms with Crippen molar-refractivity contribution in [1.82, 2.24) is 20.4 Å². The molecule has 0 saturated carbocycles. The normalized spacial score (nSPS) is 10.6. The van der Waals surface area contributed by atoms with E-state index in [1.807, 2.05) is 0 Å². The maximum Gasteiger partial charge on any atom is 0.271 e. The van der Waals surface area contributed by atoms with Gasteiger partial charge in [-0.3, -0.25) is 4.79 Å². The fraction of sp³-hybridized carbons (Fsp3) is 0.583. The van der Waals surface area contributed by atoms with E-state index in [-0.39, 0.29) is 5.91 Å². The number of nitrogens with zero attached hydrogens (tertiary/aromatic N) is 3. The fourth-order valence-electron chi connectivity index (χ4n) is 1.63. The lowest BCUT2D eigenvalue weighted by Gasteiger charge is -2.19. The molecule has 1 rings (SSSR count). The molecule has 100 valence electrons. The Balaban J connectivity index is 2.35. The predicted octanol–water partition coefficient (Wildman–Crippen LogP) is 0.521. The van der Waals surface area contributed by atoms with Gasteiger partial charge in [0.25, 0.3) is 5.91 Å². The molecule has 1 aromatic heterocycles. The minimum absolute atomic E-state index is 0.213. The van der Waals surface area contributed by atoms with Crippen LogP contribution in [0, 0.1) is 0 Å². The number of aromatic nitrogens is 2.